The van der Waals surface area contributed by atoms with Crippen LogP contribution in [0.25, 0.3) is 0 Å². The number of para-hydroxylation sites is 1. The highest BCUT2D eigenvalue weighted by Gasteiger charge is 2.17. The Bertz CT molecular complexity index is 1020. The normalized spacial score (nSPS) is 10.6. The Kier molecular flexibility index (Phi) is 10.3. The van der Waals surface area contributed by atoms with E-state index in [0.717, 1.165) is 18.5 Å². The molecular weight excluding hydrogens is 432 g/mol. The van der Waals surface area contributed by atoms with Gasteiger partial charge in [-0.05, 0) is 56.5 Å². The van der Waals surface area contributed by atoms with Crippen molar-refractivity contribution in [1.82, 2.24) is 9.97 Å². The molecule has 0 spiro atoms. The van der Waals surface area contributed by atoms with Gasteiger partial charge in [0.15, 0.2) is 0 Å². The number of amides is 1. The predicted molar refractivity (Wildman–Crippen MR) is 132 cm³/mol. The molecule has 8 heteroatoms. The number of aromatic nitrogens is 2. The van der Waals surface area contributed by atoms with E-state index in [2.05, 4.69) is 26.7 Å². The van der Waals surface area contributed by atoms with Crippen LogP contribution in [0, 0.1) is 6.92 Å². The Morgan fingerprint density at radius 2 is 1.91 bits per heavy atom. The molecule has 2 aromatic heterocycles. The molecule has 0 bridgehead atoms. The Hall–Kier alpha value is -3.49. The lowest BCUT2D eigenvalue weighted by Crippen LogP contribution is -2.21. The number of nitrogens with one attached hydrogen (secondary N) is 2. The zero-order chi connectivity index (χ0) is 24.0. The molecule has 0 fully saturated rings. The van der Waals surface area contributed by atoms with Crippen molar-refractivity contribution in [1.29, 1.82) is 0 Å². The molecule has 0 saturated carbocycles. The third-order valence-corrected chi connectivity index (χ3v) is 4.81. The lowest BCUT2D eigenvalue weighted by Gasteiger charge is -2.18. The average molecular weight is 465 g/mol. The van der Waals surface area contributed by atoms with Crippen LogP contribution in [0.4, 0.5) is 11.4 Å². The molecule has 2 heterocycles. The molecule has 3 aromatic rings. The van der Waals surface area contributed by atoms with Gasteiger partial charge in [-0.1, -0.05) is 24.3 Å². The first-order valence-electron chi connectivity index (χ1n) is 11.5. The summed E-state index contributed by atoms with van der Waals surface area (Å²) < 4.78 is 17.0. The van der Waals surface area contributed by atoms with Crippen LogP contribution in [0.1, 0.15) is 24.6 Å². The standard InChI is InChI=1S/C26H32N4O4/c1-3-32-19-24(31)30-25-23(17-20(2)29-26(25)34-22-11-5-4-6-12-22)28-14-16-33-15-8-10-21-9-7-13-27-18-21/h4-7,9,11-13,17-18H,3,8,10,14-16,19H2,1-2H3,(H,28,29)(H,30,31). The quantitative estimate of drug-likeness (QED) is 0.336. The number of hydrogen-bond acceptors (Lipinski definition) is 7. The lowest BCUT2D eigenvalue weighted by molar-refractivity contribution is -0.120. The van der Waals surface area contributed by atoms with Crippen molar-refractivity contribution in [2.45, 2.75) is 26.7 Å². The molecule has 0 aliphatic carbocycles. The number of benzene rings is 1. The van der Waals surface area contributed by atoms with E-state index in [1.54, 1.807) is 6.20 Å². The molecule has 3 rings (SSSR count). The van der Waals surface area contributed by atoms with Crippen LogP contribution in [0.15, 0.2) is 60.9 Å². The summed E-state index contributed by atoms with van der Waals surface area (Å²) in [5.74, 6) is 0.667. The summed E-state index contributed by atoms with van der Waals surface area (Å²) >= 11 is 0. The highest BCUT2D eigenvalue weighted by molar-refractivity contribution is 5.96. The molecule has 0 radical (unpaired) electrons. The van der Waals surface area contributed by atoms with Crippen LogP contribution in [0.2, 0.25) is 0 Å². The predicted octanol–water partition coefficient (Wildman–Crippen LogP) is 4.61. The van der Waals surface area contributed by atoms with Gasteiger partial charge in [-0.2, -0.15) is 0 Å². The van der Waals surface area contributed by atoms with Crippen molar-refractivity contribution in [3.05, 3.63) is 72.2 Å². The number of nitrogens with zero attached hydrogens (tertiary/aromatic N) is 2. The number of pyridine rings is 2. The smallest absolute Gasteiger partial charge is 0.250 e. The van der Waals surface area contributed by atoms with Crippen LogP contribution >= 0.6 is 0 Å². The molecule has 1 amide bonds. The molecular formula is C26H32N4O4. The molecule has 2 N–H and O–H groups in total. The Morgan fingerprint density at radius 3 is 2.68 bits per heavy atom. The molecule has 0 aliphatic heterocycles. The maximum Gasteiger partial charge on any atom is 0.250 e. The Balaban J connectivity index is 1.60. The van der Waals surface area contributed by atoms with Crippen molar-refractivity contribution in [3.8, 4) is 11.6 Å². The summed E-state index contributed by atoms with van der Waals surface area (Å²) in [6.07, 6.45) is 5.51. The van der Waals surface area contributed by atoms with E-state index in [1.165, 1.54) is 5.56 Å². The summed E-state index contributed by atoms with van der Waals surface area (Å²) in [5.41, 5.74) is 3.14. The van der Waals surface area contributed by atoms with Gasteiger partial charge in [-0.25, -0.2) is 4.98 Å². The first-order valence-corrected chi connectivity index (χ1v) is 11.5. The van der Waals surface area contributed by atoms with Crippen LogP contribution in [0.3, 0.4) is 0 Å². The number of hydrogen-bond donors (Lipinski definition) is 2. The second-order valence-electron chi connectivity index (χ2n) is 7.60. The van der Waals surface area contributed by atoms with Crippen LogP contribution in [-0.2, 0) is 20.7 Å². The van der Waals surface area contributed by atoms with Gasteiger partial charge in [0.05, 0.1) is 12.3 Å². The SMILES string of the molecule is CCOCC(=O)Nc1c(NCCOCCCc2cccnc2)cc(C)nc1Oc1ccccc1. The first kappa shape index (κ1) is 25.1. The summed E-state index contributed by atoms with van der Waals surface area (Å²) in [5, 5.41) is 6.22. The van der Waals surface area contributed by atoms with E-state index in [4.69, 9.17) is 14.2 Å². The third kappa shape index (κ3) is 8.46. The van der Waals surface area contributed by atoms with E-state index >= 15 is 0 Å². The number of ether oxygens (including phenoxy) is 3. The molecule has 0 atom stereocenters. The maximum atomic E-state index is 12.4. The molecule has 0 saturated heterocycles. The van der Waals surface area contributed by atoms with E-state index < -0.39 is 0 Å². The minimum absolute atomic E-state index is 0.0470. The Morgan fingerprint density at radius 1 is 1.06 bits per heavy atom. The fourth-order valence-corrected chi connectivity index (χ4v) is 3.23. The molecule has 0 unspecified atom stereocenters. The van der Waals surface area contributed by atoms with Gasteiger partial charge in [0.2, 0.25) is 5.88 Å². The first-order chi connectivity index (χ1) is 16.7. The van der Waals surface area contributed by atoms with Crippen molar-refractivity contribution in [2.75, 3.05) is 43.6 Å². The van der Waals surface area contributed by atoms with Crippen molar-refractivity contribution in [3.63, 3.8) is 0 Å². The monoisotopic (exact) mass is 464 g/mol. The summed E-state index contributed by atoms with van der Waals surface area (Å²) in [7, 11) is 0. The highest BCUT2D eigenvalue weighted by Crippen LogP contribution is 2.34. The zero-order valence-electron chi connectivity index (χ0n) is 19.8. The third-order valence-electron chi connectivity index (χ3n) is 4.81. The minimum atomic E-state index is -0.278. The average Bonchev–Trinajstić information content (AvgIpc) is 2.85. The van der Waals surface area contributed by atoms with Gasteiger partial charge in [-0.15, -0.1) is 0 Å². The van der Waals surface area contributed by atoms with Crippen LogP contribution in [-0.4, -0.2) is 48.8 Å². The van der Waals surface area contributed by atoms with Gasteiger partial charge in [0.1, 0.15) is 18.0 Å². The second kappa shape index (κ2) is 13.9. The van der Waals surface area contributed by atoms with Crippen molar-refractivity contribution < 1.29 is 19.0 Å². The van der Waals surface area contributed by atoms with E-state index in [1.807, 2.05) is 62.5 Å². The molecule has 0 aliphatic rings. The van der Waals surface area contributed by atoms with E-state index in [9.17, 15) is 4.79 Å². The summed E-state index contributed by atoms with van der Waals surface area (Å²) in [4.78, 5) is 21.0. The van der Waals surface area contributed by atoms with Gasteiger partial charge >= 0.3 is 0 Å². The van der Waals surface area contributed by atoms with Gasteiger partial charge in [0, 0.05) is 37.8 Å². The van der Waals surface area contributed by atoms with E-state index in [0.29, 0.717) is 49.4 Å². The van der Waals surface area contributed by atoms with E-state index in [-0.39, 0.29) is 12.5 Å². The van der Waals surface area contributed by atoms with Crippen LogP contribution < -0.4 is 15.4 Å². The fraction of sp³-hybridized carbons (Fsp3) is 0.346. The molecule has 1 aromatic carbocycles. The largest absolute Gasteiger partial charge is 0.437 e. The Labute approximate surface area is 200 Å². The topological polar surface area (TPSA) is 94.6 Å². The highest BCUT2D eigenvalue weighted by atomic mass is 16.5. The van der Waals surface area contributed by atoms with Gasteiger partial charge < -0.3 is 24.8 Å². The number of aryl methyl sites for hydroxylation is 2. The zero-order valence-corrected chi connectivity index (χ0v) is 19.8. The van der Waals surface area contributed by atoms with Crippen LogP contribution in [0.5, 0.6) is 11.6 Å². The molecule has 8 nitrogen and oxygen atoms in total. The minimum Gasteiger partial charge on any atom is -0.437 e. The maximum absolute atomic E-state index is 12.4. The number of carbonyl (C=O) groups excluding carboxylic acids is 1. The molecule has 180 valence electrons. The van der Waals surface area contributed by atoms with Crippen molar-refractivity contribution >= 4 is 17.3 Å². The van der Waals surface area contributed by atoms with Gasteiger partial charge in [-0.3, -0.25) is 9.78 Å². The van der Waals surface area contributed by atoms with Crippen molar-refractivity contribution in [2.24, 2.45) is 0 Å². The summed E-state index contributed by atoms with van der Waals surface area (Å²) in [6.45, 7) is 5.88. The number of rotatable bonds is 14. The molecule has 34 heavy (non-hydrogen) atoms. The second-order valence-corrected chi connectivity index (χ2v) is 7.60. The summed E-state index contributed by atoms with van der Waals surface area (Å²) in [6, 6.07) is 15.2. The number of carbonyl (C=O) groups is 1. The lowest BCUT2D eigenvalue weighted by atomic mass is 10.2. The fourth-order valence-electron chi connectivity index (χ4n) is 3.23. The van der Waals surface area contributed by atoms with Gasteiger partial charge in [0.25, 0.3) is 5.91 Å². The number of anilines is 2.